The van der Waals surface area contributed by atoms with E-state index in [1.807, 2.05) is 30.3 Å². The smallest absolute Gasteiger partial charge is 0.324 e. The van der Waals surface area contributed by atoms with Crippen molar-refractivity contribution in [1.29, 1.82) is 0 Å². The van der Waals surface area contributed by atoms with Gasteiger partial charge in [0.05, 0.1) is 0 Å². The molecule has 1 fully saturated rings. The van der Waals surface area contributed by atoms with Crippen molar-refractivity contribution in [2.24, 2.45) is 0 Å². The van der Waals surface area contributed by atoms with Crippen LogP contribution in [0.25, 0.3) is 0 Å². The maximum atomic E-state index is 13.2. The molecule has 6 nitrogen and oxygen atoms in total. The molecule has 0 spiro atoms. The van der Waals surface area contributed by atoms with E-state index in [0.717, 1.165) is 10.5 Å². The first-order valence-electron chi connectivity index (χ1n) is 9.02. The Morgan fingerprint density at radius 2 is 1.89 bits per heavy atom. The Morgan fingerprint density at radius 1 is 1.18 bits per heavy atom. The summed E-state index contributed by atoms with van der Waals surface area (Å²) in [7, 11) is 0. The van der Waals surface area contributed by atoms with Gasteiger partial charge in [0.25, 0.3) is 5.91 Å². The zero-order chi connectivity index (χ0) is 20.3. The zero-order valence-corrected chi connectivity index (χ0v) is 15.8. The zero-order valence-electron chi connectivity index (χ0n) is 15.8. The second-order valence-corrected chi connectivity index (χ2v) is 7.15. The van der Waals surface area contributed by atoms with Gasteiger partial charge in [0.1, 0.15) is 17.9 Å². The van der Waals surface area contributed by atoms with E-state index in [-0.39, 0.29) is 0 Å². The Labute approximate surface area is 162 Å². The molecule has 1 saturated heterocycles. The van der Waals surface area contributed by atoms with E-state index in [9.17, 15) is 18.8 Å². The second-order valence-electron chi connectivity index (χ2n) is 7.15. The minimum atomic E-state index is -1.06. The van der Waals surface area contributed by atoms with E-state index in [4.69, 9.17) is 0 Å². The van der Waals surface area contributed by atoms with Gasteiger partial charge in [0.15, 0.2) is 0 Å². The summed E-state index contributed by atoms with van der Waals surface area (Å²) >= 11 is 0. The molecule has 2 aromatic rings. The minimum absolute atomic E-state index is 0.400. The predicted molar refractivity (Wildman–Crippen MR) is 103 cm³/mol. The number of carbonyl (C=O) groups is 3. The first kappa shape index (κ1) is 19.5. The van der Waals surface area contributed by atoms with Crippen LogP contribution in [0.5, 0.6) is 0 Å². The largest absolute Gasteiger partial charge is 0.325 e. The van der Waals surface area contributed by atoms with Crippen molar-refractivity contribution < 1.29 is 18.8 Å². The molecule has 1 atom stereocenters. The lowest BCUT2D eigenvalue weighted by Gasteiger charge is -2.21. The van der Waals surface area contributed by atoms with Crippen LogP contribution in [0, 0.1) is 12.7 Å². The number of carbonyl (C=O) groups excluding carboxylic acids is 3. The molecule has 2 aromatic carbocycles. The average molecular weight is 383 g/mol. The van der Waals surface area contributed by atoms with E-state index in [1.54, 1.807) is 13.8 Å². The van der Waals surface area contributed by atoms with Crippen LogP contribution in [0.2, 0.25) is 0 Å². The number of rotatable bonds is 6. The molecule has 1 heterocycles. The Balaban J connectivity index is 1.63. The fraction of sp³-hybridized carbons (Fsp3) is 0.286. The molecular formula is C21H22FN3O3. The lowest BCUT2D eigenvalue weighted by molar-refractivity contribution is -0.133. The highest BCUT2D eigenvalue weighted by Gasteiger charge is 2.47. The van der Waals surface area contributed by atoms with Gasteiger partial charge in [-0.3, -0.25) is 14.5 Å². The van der Waals surface area contributed by atoms with Gasteiger partial charge >= 0.3 is 6.03 Å². The van der Waals surface area contributed by atoms with Crippen LogP contribution in [-0.2, 0) is 16.0 Å². The summed E-state index contributed by atoms with van der Waals surface area (Å²) in [6.07, 6.45) is 1.05. The minimum Gasteiger partial charge on any atom is -0.324 e. The molecule has 2 N–H and O–H groups in total. The number of hydrogen-bond donors (Lipinski definition) is 2. The lowest BCUT2D eigenvalue weighted by Crippen LogP contribution is -2.45. The maximum Gasteiger partial charge on any atom is 0.325 e. The Bertz CT molecular complexity index is 916. The number of amides is 4. The third-order valence-electron chi connectivity index (χ3n) is 4.87. The van der Waals surface area contributed by atoms with Gasteiger partial charge in [0.2, 0.25) is 5.91 Å². The van der Waals surface area contributed by atoms with Crippen molar-refractivity contribution in [3.63, 3.8) is 0 Å². The van der Waals surface area contributed by atoms with E-state index in [2.05, 4.69) is 10.6 Å². The van der Waals surface area contributed by atoms with Crippen LogP contribution in [0.4, 0.5) is 14.9 Å². The Morgan fingerprint density at radius 3 is 2.57 bits per heavy atom. The number of nitrogens with one attached hydrogen (secondary N) is 2. The molecule has 0 radical (unpaired) electrons. The normalized spacial score (nSPS) is 18.9. The monoisotopic (exact) mass is 383 g/mol. The predicted octanol–water partition coefficient (Wildman–Crippen LogP) is 3.02. The highest BCUT2D eigenvalue weighted by molar-refractivity contribution is 6.10. The van der Waals surface area contributed by atoms with Crippen molar-refractivity contribution in [3.05, 3.63) is 65.5 Å². The molecule has 4 amide bonds. The van der Waals surface area contributed by atoms with Crippen molar-refractivity contribution in [2.75, 3.05) is 11.9 Å². The van der Waals surface area contributed by atoms with Crippen molar-refractivity contribution in [1.82, 2.24) is 10.2 Å². The Hall–Kier alpha value is -3.22. The molecule has 1 aliphatic heterocycles. The molecule has 3 rings (SSSR count). The molecule has 0 bridgehead atoms. The summed E-state index contributed by atoms with van der Waals surface area (Å²) in [5.74, 6) is -1.36. The summed E-state index contributed by atoms with van der Waals surface area (Å²) in [5, 5.41) is 5.31. The lowest BCUT2D eigenvalue weighted by atomic mass is 9.93. The van der Waals surface area contributed by atoms with Gasteiger partial charge in [-0.15, -0.1) is 0 Å². The van der Waals surface area contributed by atoms with Crippen LogP contribution in [0.15, 0.2) is 48.5 Å². The molecule has 0 aromatic heterocycles. The summed E-state index contributed by atoms with van der Waals surface area (Å²) in [6, 6.07) is 13.0. The van der Waals surface area contributed by atoms with E-state index >= 15 is 0 Å². The molecule has 0 unspecified atom stereocenters. The van der Waals surface area contributed by atoms with E-state index in [1.165, 1.54) is 18.2 Å². The average Bonchev–Trinajstić information content (AvgIpc) is 2.87. The van der Waals surface area contributed by atoms with Crippen molar-refractivity contribution >= 4 is 23.5 Å². The molecule has 0 saturated carbocycles. The third kappa shape index (κ3) is 4.19. The van der Waals surface area contributed by atoms with Crippen LogP contribution in [-0.4, -0.2) is 34.8 Å². The van der Waals surface area contributed by atoms with Gasteiger partial charge < -0.3 is 10.6 Å². The number of halogens is 1. The van der Waals surface area contributed by atoms with Crippen molar-refractivity contribution in [2.45, 2.75) is 32.2 Å². The number of benzene rings is 2. The van der Waals surface area contributed by atoms with Crippen LogP contribution >= 0.6 is 0 Å². The fourth-order valence-corrected chi connectivity index (χ4v) is 3.20. The summed E-state index contributed by atoms with van der Waals surface area (Å²) in [4.78, 5) is 38.3. The number of nitrogens with zero attached hydrogens (tertiary/aromatic N) is 1. The SMILES string of the molecule is Cc1cc(F)ccc1NC(=O)CN1C(=O)N[C@](C)(CCc2ccccc2)C1=O. The number of urea groups is 1. The second kappa shape index (κ2) is 7.80. The molecule has 28 heavy (non-hydrogen) atoms. The molecule has 1 aliphatic rings. The quantitative estimate of drug-likeness (QED) is 0.753. The standard InChI is InChI=1S/C21H22FN3O3/c1-14-12-16(22)8-9-17(14)23-18(26)13-25-19(27)21(2,24-20(25)28)11-10-15-6-4-3-5-7-15/h3-9,12H,10-11,13H2,1-2H3,(H,23,26)(H,24,28)/t21-/m1/s1. The van der Waals surface area contributed by atoms with Crippen LogP contribution in [0.1, 0.15) is 24.5 Å². The third-order valence-corrected chi connectivity index (χ3v) is 4.87. The number of hydrogen-bond acceptors (Lipinski definition) is 3. The molecular weight excluding hydrogens is 361 g/mol. The molecule has 146 valence electrons. The van der Waals surface area contributed by atoms with Crippen LogP contribution in [0.3, 0.4) is 0 Å². The molecule has 0 aliphatic carbocycles. The topological polar surface area (TPSA) is 78.5 Å². The van der Waals surface area contributed by atoms with Gasteiger partial charge in [-0.05, 0) is 56.0 Å². The Kier molecular flexibility index (Phi) is 5.44. The van der Waals surface area contributed by atoms with Gasteiger partial charge in [-0.25, -0.2) is 9.18 Å². The number of anilines is 1. The maximum absolute atomic E-state index is 13.2. The summed E-state index contributed by atoms with van der Waals surface area (Å²) < 4.78 is 13.2. The first-order valence-corrected chi connectivity index (χ1v) is 9.02. The van der Waals surface area contributed by atoms with E-state index in [0.29, 0.717) is 24.1 Å². The van der Waals surface area contributed by atoms with Crippen molar-refractivity contribution in [3.8, 4) is 0 Å². The first-order chi connectivity index (χ1) is 13.3. The van der Waals surface area contributed by atoms with Gasteiger partial charge in [-0.1, -0.05) is 30.3 Å². The van der Waals surface area contributed by atoms with Gasteiger partial charge in [0, 0.05) is 5.69 Å². The number of imide groups is 1. The van der Waals surface area contributed by atoms with E-state index < -0.39 is 35.7 Å². The number of aryl methyl sites for hydroxylation is 2. The van der Waals surface area contributed by atoms with Gasteiger partial charge in [-0.2, -0.15) is 0 Å². The molecule has 7 heteroatoms. The highest BCUT2D eigenvalue weighted by atomic mass is 19.1. The summed E-state index contributed by atoms with van der Waals surface area (Å²) in [6.45, 7) is 2.92. The fourth-order valence-electron chi connectivity index (χ4n) is 3.20. The summed E-state index contributed by atoms with van der Waals surface area (Å²) in [5.41, 5.74) is 0.997. The van der Waals surface area contributed by atoms with Crippen LogP contribution < -0.4 is 10.6 Å². The highest BCUT2D eigenvalue weighted by Crippen LogP contribution is 2.23.